The van der Waals surface area contributed by atoms with Gasteiger partial charge in [0, 0.05) is 12.1 Å². The zero-order chi connectivity index (χ0) is 12.1. The number of hydrogen-bond acceptors (Lipinski definition) is 3. The molecule has 1 aromatic carbocycles. The predicted molar refractivity (Wildman–Crippen MR) is 65.4 cm³/mol. The highest BCUT2D eigenvalue weighted by molar-refractivity contribution is 5.29. The van der Waals surface area contributed by atoms with Gasteiger partial charge in [-0.05, 0) is 44.9 Å². The number of hydrogen-bond donors (Lipinski definition) is 3. The Morgan fingerprint density at radius 3 is 2.50 bits per heavy atom. The lowest BCUT2D eigenvalue weighted by molar-refractivity contribution is 0.168. The Hall–Kier alpha value is -1.06. The molecule has 3 N–H and O–H groups in total. The van der Waals surface area contributed by atoms with Crippen LogP contribution in [-0.2, 0) is 0 Å². The van der Waals surface area contributed by atoms with Crippen LogP contribution in [0.3, 0.4) is 0 Å². The van der Waals surface area contributed by atoms with Crippen LogP contribution in [0.1, 0.15) is 38.8 Å². The molecule has 0 aromatic heterocycles. The first-order valence-electron chi connectivity index (χ1n) is 5.72. The van der Waals surface area contributed by atoms with Crippen molar-refractivity contribution in [3.05, 3.63) is 29.8 Å². The highest BCUT2D eigenvalue weighted by atomic mass is 16.3. The standard InChI is InChI=1S/C13H21NO2/c1-9(7-10(2)15)14-11(3)12-5-4-6-13(16)8-12/h4-6,8-11,14-16H,7H2,1-3H3. The van der Waals surface area contributed by atoms with E-state index in [-0.39, 0.29) is 23.9 Å². The fourth-order valence-electron chi connectivity index (χ4n) is 1.90. The molecule has 0 aliphatic rings. The van der Waals surface area contributed by atoms with Gasteiger partial charge < -0.3 is 15.5 Å². The lowest BCUT2D eigenvalue weighted by Gasteiger charge is -2.21. The summed E-state index contributed by atoms with van der Waals surface area (Å²) in [4.78, 5) is 0. The van der Waals surface area contributed by atoms with Crippen molar-refractivity contribution in [1.29, 1.82) is 0 Å². The molecule has 0 heterocycles. The fraction of sp³-hybridized carbons (Fsp3) is 0.538. The van der Waals surface area contributed by atoms with E-state index in [1.807, 2.05) is 26.0 Å². The highest BCUT2D eigenvalue weighted by Crippen LogP contribution is 2.18. The average Bonchev–Trinajstić information content (AvgIpc) is 2.16. The Bertz CT molecular complexity index is 325. The topological polar surface area (TPSA) is 52.5 Å². The van der Waals surface area contributed by atoms with Crippen molar-refractivity contribution in [3.63, 3.8) is 0 Å². The second-order valence-corrected chi connectivity index (χ2v) is 4.47. The van der Waals surface area contributed by atoms with E-state index in [0.717, 1.165) is 12.0 Å². The zero-order valence-electron chi connectivity index (χ0n) is 10.1. The molecule has 0 aliphatic heterocycles. The second kappa shape index (κ2) is 5.87. The number of aromatic hydroxyl groups is 1. The van der Waals surface area contributed by atoms with Crippen molar-refractivity contribution < 1.29 is 10.2 Å². The van der Waals surface area contributed by atoms with Crippen LogP contribution in [0.4, 0.5) is 0 Å². The maximum absolute atomic E-state index is 9.37. The second-order valence-electron chi connectivity index (χ2n) is 4.47. The van der Waals surface area contributed by atoms with Crippen LogP contribution in [0.2, 0.25) is 0 Å². The number of benzene rings is 1. The summed E-state index contributed by atoms with van der Waals surface area (Å²) in [6, 6.07) is 7.65. The zero-order valence-corrected chi connectivity index (χ0v) is 10.1. The molecule has 0 saturated carbocycles. The van der Waals surface area contributed by atoms with E-state index in [1.54, 1.807) is 19.1 Å². The molecule has 0 aliphatic carbocycles. The molecule has 0 saturated heterocycles. The molecule has 16 heavy (non-hydrogen) atoms. The summed E-state index contributed by atoms with van der Waals surface area (Å²) < 4.78 is 0. The smallest absolute Gasteiger partial charge is 0.115 e. The molecular formula is C13H21NO2. The molecule has 1 aromatic rings. The van der Waals surface area contributed by atoms with Crippen LogP contribution < -0.4 is 5.32 Å². The van der Waals surface area contributed by atoms with Gasteiger partial charge >= 0.3 is 0 Å². The Balaban J connectivity index is 2.55. The monoisotopic (exact) mass is 223 g/mol. The normalized spacial score (nSPS) is 16.8. The first-order chi connectivity index (χ1) is 7.49. The molecule has 3 nitrogen and oxygen atoms in total. The van der Waals surface area contributed by atoms with Gasteiger partial charge in [-0.25, -0.2) is 0 Å². The molecule has 3 heteroatoms. The summed E-state index contributed by atoms with van der Waals surface area (Å²) in [7, 11) is 0. The summed E-state index contributed by atoms with van der Waals surface area (Å²) in [6.07, 6.45) is 0.433. The van der Waals surface area contributed by atoms with Gasteiger partial charge in [-0.3, -0.25) is 0 Å². The highest BCUT2D eigenvalue weighted by Gasteiger charge is 2.11. The van der Waals surface area contributed by atoms with Crippen molar-refractivity contribution in [2.75, 3.05) is 0 Å². The SMILES string of the molecule is CC(O)CC(C)NC(C)c1cccc(O)c1. The average molecular weight is 223 g/mol. The number of aliphatic hydroxyl groups excluding tert-OH is 1. The summed E-state index contributed by atoms with van der Waals surface area (Å²) in [6.45, 7) is 5.89. The van der Waals surface area contributed by atoms with Gasteiger partial charge in [0.15, 0.2) is 0 Å². The molecular weight excluding hydrogens is 202 g/mol. The number of aliphatic hydroxyl groups is 1. The van der Waals surface area contributed by atoms with E-state index in [1.165, 1.54) is 0 Å². The minimum Gasteiger partial charge on any atom is -0.508 e. The summed E-state index contributed by atoms with van der Waals surface area (Å²) in [5.74, 6) is 0.286. The van der Waals surface area contributed by atoms with Crippen molar-refractivity contribution >= 4 is 0 Å². The van der Waals surface area contributed by atoms with Gasteiger partial charge in [-0.15, -0.1) is 0 Å². The van der Waals surface area contributed by atoms with Crippen molar-refractivity contribution in [2.24, 2.45) is 0 Å². The molecule has 1 rings (SSSR count). The Morgan fingerprint density at radius 1 is 1.25 bits per heavy atom. The minimum atomic E-state index is -0.293. The largest absolute Gasteiger partial charge is 0.508 e. The van der Waals surface area contributed by atoms with Crippen LogP contribution in [-0.4, -0.2) is 22.4 Å². The number of rotatable bonds is 5. The molecule has 90 valence electrons. The fourth-order valence-corrected chi connectivity index (χ4v) is 1.90. The molecule has 0 bridgehead atoms. The lowest BCUT2D eigenvalue weighted by Crippen LogP contribution is -2.31. The predicted octanol–water partition coefficient (Wildman–Crippen LogP) is 2.20. The molecule has 0 spiro atoms. The quantitative estimate of drug-likeness (QED) is 0.717. The van der Waals surface area contributed by atoms with Crippen LogP contribution >= 0.6 is 0 Å². The molecule has 0 fully saturated rings. The van der Waals surface area contributed by atoms with Crippen molar-refractivity contribution in [2.45, 2.75) is 45.4 Å². The van der Waals surface area contributed by atoms with Crippen molar-refractivity contribution in [1.82, 2.24) is 5.32 Å². The van der Waals surface area contributed by atoms with Crippen LogP contribution in [0.15, 0.2) is 24.3 Å². The van der Waals surface area contributed by atoms with Gasteiger partial charge in [0.2, 0.25) is 0 Å². The summed E-state index contributed by atoms with van der Waals surface area (Å²) in [5, 5.41) is 22.0. The van der Waals surface area contributed by atoms with Gasteiger partial charge in [0.1, 0.15) is 5.75 Å². The third-order valence-electron chi connectivity index (χ3n) is 2.60. The first kappa shape index (κ1) is 13.0. The Kier molecular flexibility index (Phi) is 4.77. The maximum Gasteiger partial charge on any atom is 0.115 e. The summed E-state index contributed by atoms with van der Waals surface area (Å²) in [5.41, 5.74) is 1.05. The van der Waals surface area contributed by atoms with Gasteiger partial charge in [-0.2, -0.15) is 0 Å². The minimum absolute atomic E-state index is 0.167. The Morgan fingerprint density at radius 2 is 1.94 bits per heavy atom. The lowest BCUT2D eigenvalue weighted by atomic mass is 10.1. The molecule has 0 radical (unpaired) electrons. The van der Waals surface area contributed by atoms with E-state index in [9.17, 15) is 10.2 Å². The number of nitrogens with one attached hydrogen (secondary N) is 1. The van der Waals surface area contributed by atoms with Crippen molar-refractivity contribution in [3.8, 4) is 5.75 Å². The number of phenols is 1. The molecule has 3 unspecified atom stereocenters. The van der Waals surface area contributed by atoms with Gasteiger partial charge in [0.05, 0.1) is 6.10 Å². The first-order valence-corrected chi connectivity index (χ1v) is 5.72. The van der Waals surface area contributed by atoms with Crippen LogP contribution in [0, 0.1) is 0 Å². The molecule has 3 atom stereocenters. The van der Waals surface area contributed by atoms with Gasteiger partial charge in [-0.1, -0.05) is 12.1 Å². The van der Waals surface area contributed by atoms with E-state index in [0.29, 0.717) is 0 Å². The third-order valence-corrected chi connectivity index (χ3v) is 2.60. The van der Waals surface area contributed by atoms with Crippen LogP contribution in [0.25, 0.3) is 0 Å². The number of phenolic OH excluding ortho intramolecular Hbond substituents is 1. The van der Waals surface area contributed by atoms with E-state index < -0.39 is 0 Å². The van der Waals surface area contributed by atoms with E-state index in [4.69, 9.17) is 0 Å². The third kappa shape index (κ3) is 4.21. The summed E-state index contributed by atoms with van der Waals surface area (Å²) >= 11 is 0. The Labute approximate surface area is 97.1 Å². The van der Waals surface area contributed by atoms with E-state index in [2.05, 4.69) is 5.32 Å². The maximum atomic E-state index is 9.37. The molecule has 0 amide bonds. The van der Waals surface area contributed by atoms with Crippen LogP contribution in [0.5, 0.6) is 5.75 Å². The van der Waals surface area contributed by atoms with Gasteiger partial charge in [0.25, 0.3) is 0 Å². The van der Waals surface area contributed by atoms with E-state index >= 15 is 0 Å².